The lowest BCUT2D eigenvalue weighted by molar-refractivity contribution is -0.142. The van der Waals surface area contributed by atoms with Crippen LogP contribution in [-0.4, -0.2) is 48.5 Å². The van der Waals surface area contributed by atoms with Crippen molar-refractivity contribution in [2.75, 3.05) is 11.8 Å². The van der Waals surface area contributed by atoms with Crippen molar-refractivity contribution in [1.29, 1.82) is 0 Å². The number of aliphatic hydroxyl groups is 1. The van der Waals surface area contributed by atoms with Crippen molar-refractivity contribution in [2.24, 2.45) is 5.92 Å². The van der Waals surface area contributed by atoms with Crippen molar-refractivity contribution in [2.45, 2.75) is 78.0 Å². The van der Waals surface area contributed by atoms with Crippen LogP contribution in [0.15, 0.2) is 51.9 Å². The molecule has 0 saturated heterocycles. The predicted octanol–water partition coefficient (Wildman–Crippen LogP) is 4.54. The molecule has 0 spiro atoms. The van der Waals surface area contributed by atoms with Gasteiger partial charge in [-0.25, -0.2) is 13.1 Å². The van der Waals surface area contributed by atoms with Crippen LogP contribution in [-0.2, 0) is 32.8 Å². The monoisotopic (exact) mass is 584 g/mol. The van der Waals surface area contributed by atoms with Gasteiger partial charge in [-0.15, -0.1) is 0 Å². The molecular formula is C30H40N4O6S. The summed E-state index contributed by atoms with van der Waals surface area (Å²) in [5.41, 5.74) is 3.28. The van der Waals surface area contributed by atoms with Crippen LogP contribution in [0, 0.1) is 19.8 Å². The quantitative estimate of drug-likeness (QED) is 0.268. The number of aromatic nitrogens is 1. The number of nitrogens with one attached hydrogen (secondary N) is 2. The number of aliphatic hydroxyl groups excluding tert-OH is 1. The minimum Gasteiger partial charge on any atom is -0.392 e. The van der Waals surface area contributed by atoms with Crippen LogP contribution in [0.25, 0.3) is 11.1 Å². The molecule has 0 aliphatic heterocycles. The van der Waals surface area contributed by atoms with E-state index in [1.165, 1.54) is 6.07 Å². The van der Waals surface area contributed by atoms with Gasteiger partial charge in [-0.1, -0.05) is 68.7 Å². The molecule has 0 bridgehead atoms. The highest BCUT2D eigenvalue weighted by atomic mass is 32.2. The molecule has 10 nitrogen and oxygen atoms in total. The van der Waals surface area contributed by atoms with Crippen LogP contribution < -0.4 is 10.0 Å². The average molecular weight is 585 g/mol. The van der Waals surface area contributed by atoms with Gasteiger partial charge < -0.3 is 19.8 Å². The summed E-state index contributed by atoms with van der Waals surface area (Å²) >= 11 is 0. The number of nitrogens with zero attached hydrogens (tertiary/aromatic N) is 2. The molecule has 3 rings (SSSR count). The molecule has 3 N–H and O–H groups in total. The highest BCUT2D eigenvalue weighted by Crippen LogP contribution is 2.33. The molecule has 1 atom stereocenters. The third-order valence-electron chi connectivity index (χ3n) is 7.09. The number of anilines is 1. The molecule has 1 heterocycles. The van der Waals surface area contributed by atoms with Gasteiger partial charge in [0, 0.05) is 31.1 Å². The fourth-order valence-corrected chi connectivity index (χ4v) is 5.98. The van der Waals surface area contributed by atoms with Crippen LogP contribution in [0.5, 0.6) is 0 Å². The first-order valence-corrected chi connectivity index (χ1v) is 15.2. The summed E-state index contributed by atoms with van der Waals surface area (Å²) in [6, 6.07) is 11.1. The highest BCUT2D eigenvalue weighted by Gasteiger charge is 2.32. The molecule has 0 radical (unpaired) electrons. The zero-order valence-corrected chi connectivity index (χ0v) is 25.3. The number of carbonyl (C=O) groups excluding carboxylic acids is 2. The smallest absolute Gasteiger partial charge is 0.264 e. The van der Waals surface area contributed by atoms with Crippen LogP contribution in [0.1, 0.15) is 62.4 Å². The number of hydrogen-bond donors (Lipinski definition) is 3. The minimum atomic E-state index is -4.07. The van der Waals surface area contributed by atoms with Crippen molar-refractivity contribution in [1.82, 2.24) is 15.4 Å². The first-order chi connectivity index (χ1) is 19.4. The Bertz CT molecular complexity index is 1480. The zero-order chi connectivity index (χ0) is 30.3. The predicted molar refractivity (Wildman–Crippen MR) is 157 cm³/mol. The maximum atomic E-state index is 13.4. The number of benzene rings is 2. The molecule has 222 valence electrons. The minimum absolute atomic E-state index is 0.00626. The number of aryl methyl sites for hydroxylation is 1. The van der Waals surface area contributed by atoms with Crippen LogP contribution >= 0.6 is 0 Å². The third kappa shape index (κ3) is 7.34. The lowest BCUT2D eigenvalue weighted by atomic mass is 9.96. The Morgan fingerprint density at radius 3 is 2.39 bits per heavy atom. The highest BCUT2D eigenvalue weighted by molar-refractivity contribution is 7.92. The second-order valence-electron chi connectivity index (χ2n) is 10.4. The first-order valence-electron chi connectivity index (χ1n) is 13.7. The molecule has 1 aromatic heterocycles. The van der Waals surface area contributed by atoms with E-state index in [0.29, 0.717) is 46.4 Å². The van der Waals surface area contributed by atoms with E-state index in [4.69, 9.17) is 4.52 Å². The van der Waals surface area contributed by atoms with E-state index in [1.807, 2.05) is 20.8 Å². The summed E-state index contributed by atoms with van der Waals surface area (Å²) in [7, 11) is -2.52. The van der Waals surface area contributed by atoms with Crippen molar-refractivity contribution in [3.8, 4) is 11.1 Å². The van der Waals surface area contributed by atoms with Gasteiger partial charge in [0.05, 0.1) is 17.2 Å². The van der Waals surface area contributed by atoms with E-state index >= 15 is 0 Å². The SMILES string of the molecule is CCCCC(=O)N(Cc1ccc(-c2ccccc2S(=O)(=O)Nc2onc(C)c2C)c(CO)c1)C(C(=O)NC)C(C)C. The topological polar surface area (TPSA) is 142 Å². The molecular weight excluding hydrogens is 544 g/mol. The van der Waals surface area contributed by atoms with Gasteiger partial charge in [-0.3, -0.25) is 9.59 Å². The standard InChI is InChI=1S/C30H40N4O6S/c1-7-8-13-27(36)34(28(19(2)3)29(37)31-6)17-22-14-15-24(23(16-22)18-35)25-11-9-10-12-26(25)41(38,39)33-30-20(4)21(5)32-40-30/h9-12,14-16,19,28,33,35H,7-8,13,17-18H2,1-6H3,(H,31,37). The molecule has 0 fully saturated rings. The fraction of sp³-hybridized carbons (Fsp3) is 0.433. The first kappa shape index (κ1) is 31.8. The van der Waals surface area contributed by atoms with E-state index < -0.39 is 16.1 Å². The summed E-state index contributed by atoms with van der Waals surface area (Å²) in [4.78, 5) is 27.7. The number of hydrogen-bond acceptors (Lipinski definition) is 7. The maximum Gasteiger partial charge on any atom is 0.264 e. The number of unbranched alkanes of at least 4 members (excludes halogenated alkanes) is 1. The van der Waals surface area contributed by atoms with Gasteiger partial charge >= 0.3 is 0 Å². The van der Waals surface area contributed by atoms with Gasteiger partial charge in [-0.2, -0.15) is 0 Å². The summed E-state index contributed by atoms with van der Waals surface area (Å²) < 4.78 is 34.5. The molecule has 3 aromatic rings. The van der Waals surface area contributed by atoms with Gasteiger partial charge in [0.2, 0.25) is 17.7 Å². The number of likely N-dealkylation sites (N-methyl/N-ethyl adjacent to an activating group) is 1. The molecule has 2 aromatic carbocycles. The molecule has 2 amide bonds. The number of rotatable bonds is 13. The molecule has 1 unspecified atom stereocenters. The number of carbonyl (C=O) groups is 2. The third-order valence-corrected chi connectivity index (χ3v) is 8.48. The second-order valence-corrected chi connectivity index (χ2v) is 12.1. The normalized spacial score (nSPS) is 12.3. The molecule has 0 aliphatic carbocycles. The van der Waals surface area contributed by atoms with Gasteiger partial charge in [-0.05, 0) is 48.9 Å². The largest absolute Gasteiger partial charge is 0.392 e. The Kier molecular flexibility index (Phi) is 10.7. The zero-order valence-electron chi connectivity index (χ0n) is 24.5. The van der Waals surface area contributed by atoms with E-state index in [1.54, 1.807) is 62.2 Å². The second kappa shape index (κ2) is 13.8. The number of sulfonamides is 1. The van der Waals surface area contributed by atoms with Gasteiger partial charge in [0.25, 0.3) is 10.0 Å². The number of amides is 2. The molecule has 0 aliphatic rings. The summed E-state index contributed by atoms with van der Waals surface area (Å²) in [6.45, 7) is 9.03. The maximum absolute atomic E-state index is 13.4. The van der Waals surface area contributed by atoms with Crippen LogP contribution in [0.4, 0.5) is 5.88 Å². The Morgan fingerprint density at radius 1 is 1.10 bits per heavy atom. The Hall–Kier alpha value is -3.70. The van der Waals surface area contributed by atoms with E-state index in [9.17, 15) is 23.1 Å². The van der Waals surface area contributed by atoms with Crippen molar-refractivity contribution in [3.05, 3.63) is 64.8 Å². The molecule has 41 heavy (non-hydrogen) atoms. The van der Waals surface area contributed by atoms with Crippen LogP contribution in [0.3, 0.4) is 0 Å². The molecule has 11 heteroatoms. The fourth-order valence-electron chi connectivity index (χ4n) is 4.71. The molecule has 0 saturated carbocycles. The van der Waals surface area contributed by atoms with Crippen molar-refractivity contribution < 1.29 is 27.6 Å². The van der Waals surface area contributed by atoms with Gasteiger partial charge in [0.1, 0.15) is 6.04 Å². The lowest BCUT2D eigenvalue weighted by Crippen LogP contribution is -2.51. The Balaban J connectivity index is 2.02. The van der Waals surface area contributed by atoms with E-state index in [-0.39, 0.29) is 41.7 Å². The summed E-state index contributed by atoms with van der Waals surface area (Å²) in [5, 5.41) is 16.8. The van der Waals surface area contributed by atoms with Gasteiger partial charge in [0.15, 0.2) is 0 Å². The van der Waals surface area contributed by atoms with Crippen LogP contribution in [0.2, 0.25) is 0 Å². The lowest BCUT2D eigenvalue weighted by Gasteiger charge is -2.33. The summed E-state index contributed by atoms with van der Waals surface area (Å²) in [6.07, 6.45) is 1.88. The average Bonchev–Trinajstić information content (AvgIpc) is 3.26. The van der Waals surface area contributed by atoms with Crippen molar-refractivity contribution >= 4 is 27.7 Å². The summed E-state index contributed by atoms with van der Waals surface area (Å²) in [5.74, 6) is -0.450. The Morgan fingerprint density at radius 2 is 1.80 bits per heavy atom. The Labute approximate surface area is 242 Å². The van der Waals surface area contributed by atoms with E-state index in [0.717, 1.165) is 6.42 Å². The van der Waals surface area contributed by atoms with Crippen molar-refractivity contribution in [3.63, 3.8) is 0 Å². The van der Waals surface area contributed by atoms with E-state index in [2.05, 4.69) is 15.2 Å².